The molecule has 0 aromatic heterocycles. The van der Waals surface area contributed by atoms with E-state index in [1.807, 2.05) is 0 Å². The summed E-state index contributed by atoms with van der Waals surface area (Å²) >= 11 is 2.86. The molecule has 1 rings (SSSR count). The van der Waals surface area contributed by atoms with Crippen LogP contribution in [0.4, 0.5) is 10.1 Å². The summed E-state index contributed by atoms with van der Waals surface area (Å²) in [5, 5.41) is 11.0. The average Bonchev–Trinajstić information content (AvgIpc) is 2.09. The van der Waals surface area contributed by atoms with Crippen molar-refractivity contribution < 1.29 is 4.39 Å². The second-order valence-electron chi connectivity index (χ2n) is 1.99. The van der Waals surface area contributed by atoms with Crippen molar-refractivity contribution in [2.45, 2.75) is 0 Å². The third kappa shape index (κ3) is 1.48. The van der Waals surface area contributed by atoms with Gasteiger partial charge in [0.25, 0.3) is 0 Å². The van der Waals surface area contributed by atoms with E-state index in [4.69, 9.17) is 5.26 Å². The highest BCUT2D eigenvalue weighted by molar-refractivity contribution is 9.10. The first-order valence-electron chi connectivity index (χ1n) is 2.91. The maximum Gasteiger partial charge on any atom is 0.140 e. The van der Waals surface area contributed by atoms with Crippen molar-refractivity contribution in [1.82, 2.24) is 0 Å². The number of benzene rings is 1. The molecule has 0 saturated heterocycles. The zero-order valence-electron chi connectivity index (χ0n) is 5.71. The summed E-state index contributed by atoms with van der Waals surface area (Å²) in [6.07, 6.45) is 0. The van der Waals surface area contributed by atoms with Crippen LogP contribution in [-0.2, 0) is 0 Å². The predicted molar refractivity (Wildman–Crippen MR) is 44.3 cm³/mol. The van der Waals surface area contributed by atoms with E-state index in [0.29, 0.717) is 0 Å². The third-order valence-corrected chi connectivity index (χ3v) is 2.04. The smallest absolute Gasteiger partial charge is 0.140 e. The maximum atomic E-state index is 12.8. The molecule has 0 atom stereocenters. The number of hydrogen-bond donors (Lipinski definition) is 0. The van der Waals surface area contributed by atoms with Gasteiger partial charge in [0.15, 0.2) is 0 Å². The van der Waals surface area contributed by atoms with Crippen LogP contribution >= 0.6 is 15.9 Å². The van der Waals surface area contributed by atoms with Crippen LogP contribution in [0.25, 0.3) is 0 Å². The summed E-state index contributed by atoms with van der Waals surface area (Å²) in [6.45, 7) is 0. The zero-order chi connectivity index (χ0) is 9.14. The van der Waals surface area contributed by atoms with Crippen LogP contribution in [-0.4, -0.2) is 0 Å². The van der Waals surface area contributed by atoms with Crippen LogP contribution in [0.1, 0.15) is 5.56 Å². The van der Waals surface area contributed by atoms with Gasteiger partial charge in [-0.3, -0.25) is 0 Å². The van der Waals surface area contributed by atoms with Gasteiger partial charge >= 0.3 is 0 Å². The van der Waals surface area contributed by atoms with E-state index in [2.05, 4.69) is 21.1 Å². The quantitative estimate of drug-likeness (QED) is 0.695. The Bertz CT molecular complexity index is 372. The molecule has 0 amide bonds. The fourth-order valence-electron chi connectivity index (χ4n) is 0.709. The summed E-state index contributed by atoms with van der Waals surface area (Å²) in [4.78, 5) is 10.00. The Morgan fingerprint density at radius 2 is 2.25 bits per heavy atom. The normalized spacial score (nSPS) is 9.08. The van der Waals surface area contributed by atoms with Gasteiger partial charge < -0.3 is 0 Å². The van der Waals surface area contributed by atoms with Crippen molar-refractivity contribution in [1.29, 1.82) is 5.26 Å². The molecule has 12 heavy (non-hydrogen) atoms. The second-order valence-corrected chi connectivity index (χ2v) is 2.79. The molecule has 5 heteroatoms. The predicted octanol–water partition coefficient (Wildman–Crippen LogP) is 2.86. The van der Waals surface area contributed by atoms with E-state index in [-0.39, 0.29) is 15.7 Å². The highest BCUT2D eigenvalue weighted by Crippen LogP contribution is 2.25. The number of rotatable bonds is 1. The van der Waals surface area contributed by atoms with Crippen LogP contribution in [0.5, 0.6) is 0 Å². The molecule has 0 radical (unpaired) electrons. The van der Waals surface area contributed by atoms with Gasteiger partial charge in [-0.1, -0.05) is 0 Å². The summed E-state index contributed by atoms with van der Waals surface area (Å²) in [5.74, 6) is -0.663. The molecular weight excluding hydrogens is 227 g/mol. The van der Waals surface area contributed by atoms with E-state index in [1.165, 1.54) is 6.07 Å². The first kappa shape index (κ1) is 8.81. The second kappa shape index (κ2) is 3.41. The molecule has 60 valence electrons. The Morgan fingerprint density at radius 1 is 1.58 bits per heavy atom. The Labute approximate surface area is 75.9 Å². The summed E-state index contributed by atoms with van der Waals surface area (Å²) in [6, 6.07) is 3.89. The van der Waals surface area contributed by atoms with E-state index >= 15 is 0 Å². The first-order chi connectivity index (χ1) is 5.69. The molecule has 0 fully saturated rings. The molecule has 0 bridgehead atoms. The van der Waals surface area contributed by atoms with Gasteiger partial charge in [-0.15, -0.1) is 4.91 Å². The number of hydrogen-bond acceptors (Lipinski definition) is 3. The fraction of sp³-hybridized carbons (Fsp3) is 0. The fourth-order valence-corrected chi connectivity index (χ4v) is 1.03. The van der Waals surface area contributed by atoms with Gasteiger partial charge in [-0.05, 0) is 27.2 Å². The molecule has 0 saturated carbocycles. The molecule has 0 unspecified atom stereocenters. The first-order valence-corrected chi connectivity index (χ1v) is 3.71. The highest BCUT2D eigenvalue weighted by atomic mass is 79.9. The molecule has 3 nitrogen and oxygen atoms in total. The molecule has 0 aliphatic heterocycles. The number of nitroso groups, excluding NO2 is 1. The van der Waals surface area contributed by atoms with Gasteiger partial charge in [0, 0.05) is 6.07 Å². The van der Waals surface area contributed by atoms with Crippen molar-refractivity contribution >= 4 is 21.6 Å². The minimum atomic E-state index is -0.663. The minimum absolute atomic E-state index is 0.0531. The van der Waals surface area contributed by atoms with Crippen LogP contribution < -0.4 is 0 Å². The molecule has 0 spiro atoms. The summed E-state index contributed by atoms with van der Waals surface area (Å²) < 4.78 is 12.9. The van der Waals surface area contributed by atoms with Crippen molar-refractivity contribution in [3.05, 3.63) is 32.9 Å². The van der Waals surface area contributed by atoms with Crippen molar-refractivity contribution in [3.8, 4) is 6.07 Å². The third-order valence-electron chi connectivity index (χ3n) is 1.24. The van der Waals surface area contributed by atoms with Crippen LogP contribution in [0.15, 0.2) is 21.8 Å². The number of nitriles is 1. The van der Waals surface area contributed by atoms with E-state index in [1.54, 1.807) is 6.07 Å². The van der Waals surface area contributed by atoms with Crippen LogP contribution in [0.2, 0.25) is 0 Å². The molecule has 0 N–H and O–H groups in total. The van der Waals surface area contributed by atoms with E-state index in [9.17, 15) is 9.30 Å². The lowest BCUT2D eigenvalue weighted by atomic mass is 10.2. The minimum Gasteiger partial charge on any atom is -0.206 e. The molecular formula is C7H2BrFN2O. The molecule has 1 aromatic rings. The number of halogens is 2. The van der Waals surface area contributed by atoms with Crippen LogP contribution in [0, 0.1) is 22.1 Å². The maximum absolute atomic E-state index is 12.8. The van der Waals surface area contributed by atoms with Gasteiger partial charge in [-0.25, -0.2) is 4.39 Å². The zero-order valence-corrected chi connectivity index (χ0v) is 7.30. The van der Waals surface area contributed by atoms with Crippen molar-refractivity contribution in [2.75, 3.05) is 0 Å². The van der Waals surface area contributed by atoms with Crippen molar-refractivity contribution in [3.63, 3.8) is 0 Å². The largest absolute Gasteiger partial charge is 0.206 e. The number of nitrogens with zero attached hydrogens (tertiary/aromatic N) is 2. The van der Waals surface area contributed by atoms with E-state index in [0.717, 1.165) is 6.07 Å². The SMILES string of the molecule is N#Cc1cc(N=O)cc(F)c1Br. The van der Waals surface area contributed by atoms with Crippen LogP contribution in [0.3, 0.4) is 0 Å². The summed E-state index contributed by atoms with van der Waals surface area (Å²) in [5.41, 5.74) is -0.0307. The standard InChI is InChI=1S/C7H2BrFN2O/c8-7-4(3-10)1-5(11-12)2-6(7)9/h1-2H. The lowest BCUT2D eigenvalue weighted by Gasteiger charge is -1.96. The monoisotopic (exact) mass is 228 g/mol. The molecule has 0 heterocycles. The average molecular weight is 229 g/mol. The lowest BCUT2D eigenvalue weighted by Crippen LogP contribution is -1.82. The Morgan fingerprint density at radius 3 is 2.75 bits per heavy atom. The Hall–Kier alpha value is -1.28. The molecule has 1 aromatic carbocycles. The molecule has 0 aliphatic carbocycles. The topological polar surface area (TPSA) is 53.2 Å². The van der Waals surface area contributed by atoms with Gasteiger partial charge in [0.05, 0.1) is 10.0 Å². The van der Waals surface area contributed by atoms with Crippen molar-refractivity contribution in [2.24, 2.45) is 5.18 Å². The molecule has 0 aliphatic rings. The summed E-state index contributed by atoms with van der Waals surface area (Å²) in [7, 11) is 0. The van der Waals surface area contributed by atoms with Gasteiger partial charge in [-0.2, -0.15) is 5.26 Å². The Kier molecular flexibility index (Phi) is 2.51. The lowest BCUT2D eigenvalue weighted by molar-refractivity contribution is 0.621. The highest BCUT2D eigenvalue weighted by Gasteiger charge is 2.07. The van der Waals surface area contributed by atoms with Gasteiger partial charge in [0.1, 0.15) is 17.6 Å². The van der Waals surface area contributed by atoms with Gasteiger partial charge in [0.2, 0.25) is 0 Å². The Balaban J connectivity index is 3.41. The van der Waals surface area contributed by atoms with E-state index < -0.39 is 5.82 Å².